The highest BCUT2D eigenvalue weighted by Crippen LogP contribution is 2.84. The Morgan fingerprint density at radius 1 is 1.26 bits per heavy atom. The Morgan fingerprint density at radius 3 is 2.65 bits per heavy atom. The molecule has 34 heavy (non-hydrogen) atoms. The lowest BCUT2D eigenvalue weighted by atomic mass is 9.69. The molecular formula is C26H33N7O. The lowest BCUT2D eigenvalue weighted by Crippen LogP contribution is -2.40. The van der Waals surface area contributed by atoms with Crippen molar-refractivity contribution in [3.8, 4) is 11.9 Å². The van der Waals surface area contributed by atoms with Crippen LogP contribution in [0.1, 0.15) is 52.9 Å². The zero-order valence-electron chi connectivity index (χ0n) is 20.5. The molecule has 4 aliphatic rings. The number of fused-ring (bicyclic) bond motifs is 1. The fourth-order valence-electron chi connectivity index (χ4n) is 6.50. The average Bonchev–Trinajstić information content (AvgIpc) is 3.57. The molecule has 8 nitrogen and oxygen atoms in total. The molecule has 0 amide bonds. The van der Waals surface area contributed by atoms with Gasteiger partial charge in [0.2, 0.25) is 5.95 Å². The van der Waals surface area contributed by atoms with Crippen LogP contribution in [0.2, 0.25) is 0 Å². The van der Waals surface area contributed by atoms with Crippen molar-refractivity contribution in [1.82, 2.24) is 19.7 Å². The van der Waals surface area contributed by atoms with Crippen LogP contribution in [0, 0.1) is 33.5 Å². The van der Waals surface area contributed by atoms with Crippen molar-refractivity contribution in [3.63, 3.8) is 0 Å². The Kier molecular flexibility index (Phi) is 4.33. The van der Waals surface area contributed by atoms with Crippen LogP contribution in [0.25, 0.3) is 18.0 Å². The summed E-state index contributed by atoms with van der Waals surface area (Å²) < 4.78 is 1.89. The smallest absolute Gasteiger partial charge is 0.226 e. The van der Waals surface area contributed by atoms with E-state index in [1.807, 2.05) is 37.8 Å². The number of nitrogens with zero attached hydrogens (tertiary/aromatic N) is 6. The molecular weight excluding hydrogens is 426 g/mol. The maximum atomic E-state index is 10.5. The molecule has 0 bridgehead atoms. The van der Waals surface area contributed by atoms with Gasteiger partial charge in [-0.25, -0.2) is 4.68 Å². The van der Waals surface area contributed by atoms with E-state index in [1.54, 1.807) is 0 Å². The molecule has 3 heterocycles. The van der Waals surface area contributed by atoms with Gasteiger partial charge < -0.3 is 15.3 Å². The number of nitrogens with one attached hydrogen (secondary N) is 1. The summed E-state index contributed by atoms with van der Waals surface area (Å²) in [5.74, 6) is 2.28. The maximum absolute atomic E-state index is 10.5. The van der Waals surface area contributed by atoms with E-state index in [4.69, 9.17) is 15.1 Å². The number of rotatable bonds is 5. The summed E-state index contributed by atoms with van der Waals surface area (Å²) in [6, 6.07) is 4.72. The van der Waals surface area contributed by atoms with Crippen LogP contribution < -0.4 is 20.8 Å². The van der Waals surface area contributed by atoms with Crippen LogP contribution in [0.5, 0.6) is 0 Å². The molecule has 178 valence electrons. The van der Waals surface area contributed by atoms with Gasteiger partial charge in [-0.1, -0.05) is 19.1 Å². The highest BCUT2D eigenvalue weighted by atomic mass is 16.3. The van der Waals surface area contributed by atoms with Crippen molar-refractivity contribution >= 4 is 23.9 Å². The van der Waals surface area contributed by atoms with E-state index in [0.717, 1.165) is 48.7 Å². The van der Waals surface area contributed by atoms with Gasteiger partial charge in [0.05, 0.1) is 28.6 Å². The topological polar surface area (TPSA) is 103 Å². The molecule has 2 aromatic rings. The number of nitriles is 1. The Balaban J connectivity index is 1.41. The molecule has 1 spiro atoms. The summed E-state index contributed by atoms with van der Waals surface area (Å²) in [7, 11) is 1.82. The standard InChI is InChI=1S/C26H33N7O/c1-23(2,34)18-6-10-32(14-18)20-11-21(31-22(28-4)30-20)33-19-12-24(3,7-5-17(19)13-29-33)26(16-27)15-25(26)8-9-25/h5,11-13,18,34H,6-10,14-15H2,1-4H3,(H,28,30,31)/t18-,24?,26-/m1/s1. The Labute approximate surface area is 200 Å². The minimum atomic E-state index is -0.717. The van der Waals surface area contributed by atoms with E-state index in [0.29, 0.717) is 11.8 Å². The van der Waals surface area contributed by atoms with Crippen molar-refractivity contribution in [3.05, 3.63) is 22.8 Å². The van der Waals surface area contributed by atoms with E-state index in [1.165, 1.54) is 12.8 Å². The fraction of sp³-hybridized carbons (Fsp3) is 0.615. The first kappa shape index (κ1) is 21.6. The molecule has 0 radical (unpaired) electrons. The molecule has 2 N–H and O–H groups in total. The predicted octanol–water partition coefficient (Wildman–Crippen LogP) is 1.97. The zero-order valence-corrected chi connectivity index (χ0v) is 20.5. The third kappa shape index (κ3) is 2.96. The van der Waals surface area contributed by atoms with Crippen LogP contribution in [0.15, 0.2) is 12.3 Å². The lowest BCUT2D eigenvalue weighted by Gasteiger charge is -2.32. The average molecular weight is 460 g/mol. The highest BCUT2D eigenvalue weighted by molar-refractivity contribution is 5.54. The SMILES string of the molecule is CNc1nc(N2CC[C@@H](C(C)(C)O)C2)cc(-n2ncc3c2=CC(C)([C@]2(C#N)CC24CC4)CC=3)n1. The molecule has 3 fully saturated rings. The van der Waals surface area contributed by atoms with Gasteiger partial charge in [-0.3, -0.25) is 0 Å². The number of aromatic nitrogens is 4. The normalized spacial score (nSPS) is 30.8. The summed E-state index contributed by atoms with van der Waals surface area (Å²) in [6.45, 7) is 7.60. The zero-order chi connectivity index (χ0) is 23.9. The number of hydrogen-bond donors (Lipinski definition) is 2. The van der Waals surface area contributed by atoms with Crippen molar-refractivity contribution in [2.75, 3.05) is 30.4 Å². The summed E-state index contributed by atoms with van der Waals surface area (Å²) in [4.78, 5) is 11.7. The van der Waals surface area contributed by atoms with Crippen LogP contribution in [0.4, 0.5) is 11.8 Å². The van der Waals surface area contributed by atoms with Gasteiger partial charge in [0, 0.05) is 42.8 Å². The summed E-state index contributed by atoms with van der Waals surface area (Å²) in [6.07, 6.45) is 11.6. The molecule has 0 aromatic carbocycles. The third-order valence-corrected chi connectivity index (χ3v) is 9.09. The molecule has 2 aromatic heterocycles. The quantitative estimate of drug-likeness (QED) is 0.705. The minimum Gasteiger partial charge on any atom is -0.390 e. The van der Waals surface area contributed by atoms with E-state index in [-0.39, 0.29) is 22.2 Å². The second-order valence-corrected chi connectivity index (χ2v) is 11.6. The summed E-state index contributed by atoms with van der Waals surface area (Å²) in [5, 5.41) is 30.6. The molecule has 1 unspecified atom stereocenters. The molecule has 6 rings (SSSR count). The fourth-order valence-corrected chi connectivity index (χ4v) is 6.50. The monoisotopic (exact) mass is 459 g/mol. The van der Waals surface area contributed by atoms with Crippen LogP contribution in [0.3, 0.4) is 0 Å². The first-order valence-electron chi connectivity index (χ1n) is 12.4. The Hall–Kier alpha value is -2.92. The van der Waals surface area contributed by atoms with E-state index in [2.05, 4.69) is 35.4 Å². The van der Waals surface area contributed by atoms with Crippen molar-refractivity contribution < 1.29 is 5.11 Å². The minimum absolute atomic E-state index is 0.195. The lowest BCUT2D eigenvalue weighted by molar-refractivity contribution is 0.0263. The highest BCUT2D eigenvalue weighted by Gasteiger charge is 2.79. The van der Waals surface area contributed by atoms with Crippen LogP contribution in [-0.4, -0.2) is 50.6 Å². The number of anilines is 2. The third-order valence-electron chi connectivity index (χ3n) is 9.09. The Bertz CT molecular complexity index is 1330. The maximum Gasteiger partial charge on any atom is 0.226 e. The molecule has 3 aliphatic carbocycles. The van der Waals surface area contributed by atoms with Gasteiger partial charge in [0.25, 0.3) is 0 Å². The van der Waals surface area contributed by atoms with Gasteiger partial charge >= 0.3 is 0 Å². The largest absolute Gasteiger partial charge is 0.390 e. The molecule has 1 saturated heterocycles. The molecule has 3 atom stereocenters. The van der Waals surface area contributed by atoms with Gasteiger partial charge in [0.1, 0.15) is 5.82 Å². The first-order valence-corrected chi connectivity index (χ1v) is 12.4. The van der Waals surface area contributed by atoms with E-state index < -0.39 is 5.60 Å². The number of hydrogen-bond acceptors (Lipinski definition) is 7. The van der Waals surface area contributed by atoms with E-state index in [9.17, 15) is 10.4 Å². The van der Waals surface area contributed by atoms with Crippen molar-refractivity contribution in [2.24, 2.45) is 22.2 Å². The second-order valence-electron chi connectivity index (χ2n) is 11.6. The molecule has 8 heteroatoms. The van der Waals surface area contributed by atoms with Crippen LogP contribution in [-0.2, 0) is 0 Å². The predicted molar refractivity (Wildman–Crippen MR) is 131 cm³/mol. The van der Waals surface area contributed by atoms with Crippen LogP contribution >= 0.6 is 0 Å². The first-order chi connectivity index (χ1) is 16.1. The summed E-state index contributed by atoms with van der Waals surface area (Å²) >= 11 is 0. The molecule has 1 aliphatic heterocycles. The van der Waals surface area contributed by atoms with Crippen molar-refractivity contribution in [2.45, 2.75) is 58.5 Å². The second kappa shape index (κ2) is 6.82. The van der Waals surface area contributed by atoms with Gasteiger partial charge in [-0.2, -0.15) is 20.3 Å². The van der Waals surface area contributed by atoms with E-state index >= 15 is 0 Å². The molecule has 2 saturated carbocycles. The Morgan fingerprint density at radius 2 is 2.03 bits per heavy atom. The van der Waals surface area contributed by atoms with Crippen molar-refractivity contribution in [1.29, 1.82) is 5.26 Å². The van der Waals surface area contributed by atoms with Gasteiger partial charge in [-0.15, -0.1) is 0 Å². The summed E-state index contributed by atoms with van der Waals surface area (Å²) in [5.41, 5.74) is -0.944. The van der Waals surface area contributed by atoms with Gasteiger partial charge in [0.15, 0.2) is 5.82 Å². The number of aliphatic hydroxyl groups is 1. The van der Waals surface area contributed by atoms with Gasteiger partial charge in [-0.05, 0) is 51.4 Å².